The lowest BCUT2D eigenvalue weighted by molar-refractivity contribution is 0.0526. The number of fused-ring (bicyclic) bond motifs is 1. The summed E-state index contributed by atoms with van der Waals surface area (Å²) in [4.78, 5) is 16.2. The Morgan fingerprint density at radius 3 is 2.89 bits per heavy atom. The fourth-order valence-electron chi connectivity index (χ4n) is 1.89. The Hall–Kier alpha value is -1.81. The van der Waals surface area contributed by atoms with Crippen LogP contribution in [-0.2, 0) is 4.74 Å². The average Bonchev–Trinajstić information content (AvgIpc) is 2.28. The van der Waals surface area contributed by atoms with Crippen molar-refractivity contribution in [2.45, 2.75) is 13.8 Å². The number of hydrogen-bond acceptors (Lipinski definition) is 4. The standard InChI is InChI=1S/C13H13ClN2O2/c1-3-18-13(17)10-7(2)16-9-6-4-5-8(14)11(9)12(10)15/h4-6H,3H2,1-2H3,(H2,15,16). The fourth-order valence-corrected chi connectivity index (χ4v) is 2.16. The maximum atomic E-state index is 11.9. The third kappa shape index (κ3) is 1.99. The summed E-state index contributed by atoms with van der Waals surface area (Å²) in [7, 11) is 0. The Kier molecular flexibility index (Phi) is 3.39. The molecule has 94 valence electrons. The largest absolute Gasteiger partial charge is 0.462 e. The van der Waals surface area contributed by atoms with Gasteiger partial charge in [-0.05, 0) is 26.0 Å². The minimum atomic E-state index is -0.471. The van der Waals surface area contributed by atoms with E-state index in [1.165, 1.54) is 0 Å². The molecule has 18 heavy (non-hydrogen) atoms. The van der Waals surface area contributed by atoms with Gasteiger partial charge >= 0.3 is 5.97 Å². The molecule has 0 amide bonds. The molecule has 0 bridgehead atoms. The molecule has 0 fully saturated rings. The molecule has 0 aliphatic rings. The summed E-state index contributed by atoms with van der Waals surface area (Å²) in [5.74, 6) is -0.471. The van der Waals surface area contributed by atoms with E-state index >= 15 is 0 Å². The third-order valence-electron chi connectivity index (χ3n) is 2.66. The highest BCUT2D eigenvalue weighted by Crippen LogP contribution is 2.31. The van der Waals surface area contributed by atoms with Gasteiger partial charge in [-0.2, -0.15) is 0 Å². The highest BCUT2D eigenvalue weighted by Gasteiger charge is 2.19. The number of nitrogen functional groups attached to an aromatic ring is 1. The molecule has 1 aromatic heterocycles. The monoisotopic (exact) mass is 264 g/mol. The maximum absolute atomic E-state index is 11.9. The van der Waals surface area contributed by atoms with Gasteiger partial charge in [-0.3, -0.25) is 4.98 Å². The zero-order chi connectivity index (χ0) is 13.3. The second-order valence-electron chi connectivity index (χ2n) is 3.84. The van der Waals surface area contributed by atoms with Crippen molar-refractivity contribution >= 4 is 34.2 Å². The number of carbonyl (C=O) groups is 1. The molecule has 2 rings (SSSR count). The van der Waals surface area contributed by atoms with Crippen LogP contribution in [0.1, 0.15) is 23.0 Å². The van der Waals surface area contributed by atoms with Crippen LogP contribution in [0, 0.1) is 6.92 Å². The maximum Gasteiger partial charge on any atom is 0.342 e. The zero-order valence-corrected chi connectivity index (χ0v) is 10.9. The van der Waals surface area contributed by atoms with Crippen LogP contribution >= 0.6 is 11.6 Å². The molecule has 0 unspecified atom stereocenters. The highest BCUT2D eigenvalue weighted by molar-refractivity contribution is 6.36. The number of halogens is 1. The van der Waals surface area contributed by atoms with Crippen LogP contribution in [0.25, 0.3) is 10.9 Å². The van der Waals surface area contributed by atoms with Crippen LogP contribution in [0.15, 0.2) is 18.2 Å². The Labute approximate surface area is 110 Å². The molecule has 0 spiro atoms. The molecule has 0 saturated carbocycles. The number of aryl methyl sites for hydroxylation is 1. The van der Waals surface area contributed by atoms with Crippen molar-refractivity contribution in [3.05, 3.63) is 34.5 Å². The molecule has 2 aromatic rings. The Bertz CT molecular complexity index is 626. The molecule has 0 aliphatic carbocycles. The van der Waals surface area contributed by atoms with E-state index in [1.807, 2.05) is 0 Å². The average molecular weight is 265 g/mol. The van der Waals surface area contributed by atoms with E-state index in [1.54, 1.807) is 32.0 Å². The normalized spacial score (nSPS) is 10.6. The van der Waals surface area contributed by atoms with Crippen LogP contribution in [0.2, 0.25) is 5.02 Å². The first-order valence-electron chi connectivity index (χ1n) is 5.57. The molecule has 1 aromatic carbocycles. The lowest BCUT2D eigenvalue weighted by Crippen LogP contribution is -2.12. The number of benzene rings is 1. The Morgan fingerprint density at radius 2 is 2.22 bits per heavy atom. The van der Waals surface area contributed by atoms with E-state index < -0.39 is 5.97 Å². The van der Waals surface area contributed by atoms with Crippen LogP contribution in [0.4, 0.5) is 5.69 Å². The number of nitrogens with zero attached hydrogens (tertiary/aromatic N) is 1. The van der Waals surface area contributed by atoms with Crippen molar-refractivity contribution in [1.29, 1.82) is 0 Å². The van der Waals surface area contributed by atoms with E-state index in [0.29, 0.717) is 27.3 Å². The minimum Gasteiger partial charge on any atom is -0.462 e. The Morgan fingerprint density at radius 1 is 1.50 bits per heavy atom. The van der Waals surface area contributed by atoms with Crippen molar-refractivity contribution in [3.63, 3.8) is 0 Å². The molecular weight excluding hydrogens is 252 g/mol. The lowest BCUT2D eigenvalue weighted by Gasteiger charge is -2.11. The van der Waals surface area contributed by atoms with Gasteiger partial charge in [0.2, 0.25) is 0 Å². The van der Waals surface area contributed by atoms with E-state index in [0.717, 1.165) is 0 Å². The van der Waals surface area contributed by atoms with Crippen molar-refractivity contribution in [2.75, 3.05) is 12.3 Å². The zero-order valence-electron chi connectivity index (χ0n) is 10.2. The summed E-state index contributed by atoms with van der Waals surface area (Å²) in [5.41, 5.74) is 7.85. The van der Waals surface area contributed by atoms with Gasteiger partial charge in [0.25, 0.3) is 0 Å². The number of aromatic nitrogens is 1. The first kappa shape index (κ1) is 12.6. The molecule has 1 heterocycles. The summed E-state index contributed by atoms with van der Waals surface area (Å²) in [6.07, 6.45) is 0. The Balaban J connectivity index is 2.75. The van der Waals surface area contributed by atoms with Gasteiger partial charge in [-0.25, -0.2) is 4.79 Å². The summed E-state index contributed by atoms with van der Waals surface area (Å²) in [6, 6.07) is 5.31. The summed E-state index contributed by atoms with van der Waals surface area (Å²) in [6.45, 7) is 3.76. The van der Waals surface area contributed by atoms with Gasteiger partial charge in [-0.1, -0.05) is 17.7 Å². The van der Waals surface area contributed by atoms with Crippen LogP contribution in [-0.4, -0.2) is 17.6 Å². The smallest absolute Gasteiger partial charge is 0.342 e. The number of nitrogens with two attached hydrogens (primary N) is 1. The third-order valence-corrected chi connectivity index (χ3v) is 2.97. The molecule has 0 saturated heterocycles. The van der Waals surface area contributed by atoms with Crippen molar-refractivity contribution < 1.29 is 9.53 Å². The van der Waals surface area contributed by atoms with Gasteiger partial charge < -0.3 is 10.5 Å². The number of rotatable bonds is 2. The topological polar surface area (TPSA) is 65.2 Å². The molecule has 4 nitrogen and oxygen atoms in total. The number of ether oxygens (including phenoxy) is 1. The SMILES string of the molecule is CCOC(=O)c1c(C)nc2cccc(Cl)c2c1N. The summed E-state index contributed by atoms with van der Waals surface area (Å²) in [5, 5.41) is 1.07. The van der Waals surface area contributed by atoms with Crippen molar-refractivity contribution in [3.8, 4) is 0 Å². The van der Waals surface area contributed by atoms with Gasteiger partial charge in [0.1, 0.15) is 5.56 Å². The van der Waals surface area contributed by atoms with Gasteiger partial charge in [0.15, 0.2) is 0 Å². The fraction of sp³-hybridized carbons (Fsp3) is 0.231. The number of anilines is 1. The number of hydrogen-bond donors (Lipinski definition) is 1. The van der Waals surface area contributed by atoms with Crippen LogP contribution in [0.5, 0.6) is 0 Å². The summed E-state index contributed by atoms with van der Waals surface area (Å²) >= 11 is 6.10. The van der Waals surface area contributed by atoms with E-state index in [4.69, 9.17) is 22.1 Å². The number of esters is 1. The quantitative estimate of drug-likeness (QED) is 0.847. The molecule has 0 aliphatic heterocycles. The first-order valence-corrected chi connectivity index (χ1v) is 5.95. The molecule has 2 N–H and O–H groups in total. The van der Waals surface area contributed by atoms with Crippen molar-refractivity contribution in [1.82, 2.24) is 4.98 Å². The second kappa shape index (κ2) is 4.82. The van der Waals surface area contributed by atoms with Gasteiger partial charge in [0.05, 0.1) is 28.5 Å². The summed E-state index contributed by atoms with van der Waals surface area (Å²) < 4.78 is 4.98. The predicted molar refractivity (Wildman–Crippen MR) is 71.9 cm³/mol. The highest BCUT2D eigenvalue weighted by atomic mass is 35.5. The molecule has 0 atom stereocenters. The van der Waals surface area contributed by atoms with E-state index in [2.05, 4.69) is 4.98 Å². The lowest BCUT2D eigenvalue weighted by atomic mass is 10.1. The molecule has 0 radical (unpaired) electrons. The number of carbonyl (C=O) groups excluding carboxylic acids is 1. The number of pyridine rings is 1. The second-order valence-corrected chi connectivity index (χ2v) is 4.25. The minimum absolute atomic E-state index is 0.289. The van der Waals surface area contributed by atoms with Gasteiger partial charge in [0, 0.05) is 5.39 Å². The van der Waals surface area contributed by atoms with Crippen LogP contribution < -0.4 is 5.73 Å². The van der Waals surface area contributed by atoms with E-state index in [-0.39, 0.29) is 12.2 Å². The van der Waals surface area contributed by atoms with Crippen molar-refractivity contribution in [2.24, 2.45) is 0 Å². The van der Waals surface area contributed by atoms with Gasteiger partial charge in [-0.15, -0.1) is 0 Å². The molecule has 5 heteroatoms. The van der Waals surface area contributed by atoms with E-state index in [9.17, 15) is 4.79 Å². The molecular formula is C13H13ClN2O2. The predicted octanol–water partition coefficient (Wildman–Crippen LogP) is 2.96. The van der Waals surface area contributed by atoms with Crippen LogP contribution in [0.3, 0.4) is 0 Å². The first-order chi connectivity index (χ1) is 8.56.